The standard InChI is InChI=1S/C12H22O3/c1-9(13)8-12(15-10(2)14)11-6-4-3-5-7-11/h9,11-13H,3-8H2,1-2H3/t9-,12+/m1/s1. The summed E-state index contributed by atoms with van der Waals surface area (Å²) >= 11 is 0. The van der Waals surface area contributed by atoms with Gasteiger partial charge in [-0.2, -0.15) is 0 Å². The minimum Gasteiger partial charge on any atom is -0.462 e. The average Bonchev–Trinajstić information content (AvgIpc) is 2.17. The normalized spacial score (nSPS) is 22.1. The fourth-order valence-electron chi connectivity index (χ4n) is 2.39. The molecule has 1 N–H and O–H groups in total. The second kappa shape index (κ2) is 6.11. The highest BCUT2D eigenvalue weighted by Crippen LogP contribution is 2.30. The number of aliphatic hydroxyl groups excluding tert-OH is 1. The molecule has 88 valence electrons. The SMILES string of the molecule is CC(=O)O[C@@H](C[C@@H](C)O)C1CCCCC1. The minimum atomic E-state index is -0.392. The highest BCUT2D eigenvalue weighted by atomic mass is 16.5. The summed E-state index contributed by atoms with van der Waals surface area (Å²) in [6.07, 6.45) is 6.10. The van der Waals surface area contributed by atoms with Crippen LogP contribution in [0.25, 0.3) is 0 Å². The molecule has 1 fully saturated rings. The predicted octanol–water partition coefficient (Wildman–Crippen LogP) is 2.27. The second-order valence-corrected chi connectivity index (χ2v) is 4.63. The molecular weight excluding hydrogens is 192 g/mol. The van der Waals surface area contributed by atoms with Gasteiger partial charge in [-0.05, 0) is 25.7 Å². The van der Waals surface area contributed by atoms with E-state index in [4.69, 9.17) is 4.74 Å². The van der Waals surface area contributed by atoms with Crippen LogP contribution in [0.1, 0.15) is 52.4 Å². The van der Waals surface area contributed by atoms with Gasteiger partial charge in [-0.15, -0.1) is 0 Å². The molecule has 15 heavy (non-hydrogen) atoms. The molecule has 0 heterocycles. The van der Waals surface area contributed by atoms with E-state index in [-0.39, 0.29) is 12.1 Å². The fourth-order valence-corrected chi connectivity index (χ4v) is 2.39. The molecule has 0 aromatic carbocycles. The Kier molecular flexibility index (Phi) is 5.09. The third kappa shape index (κ3) is 4.65. The molecule has 1 saturated carbocycles. The van der Waals surface area contributed by atoms with Gasteiger partial charge in [-0.25, -0.2) is 0 Å². The summed E-state index contributed by atoms with van der Waals surface area (Å²) in [5.41, 5.74) is 0. The van der Waals surface area contributed by atoms with Crippen molar-refractivity contribution in [3.05, 3.63) is 0 Å². The summed E-state index contributed by atoms with van der Waals surface area (Å²) < 4.78 is 5.30. The molecule has 3 nitrogen and oxygen atoms in total. The molecule has 0 spiro atoms. The largest absolute Gasteiger partial charge is 0.462 e. The molecule has 2 atom stereocenters. The number of ether oxygens (including phenoxy) is 1. The van der Waals surface area contributed by atoms with E-state index in [0.717, 1.165) is 12.8 Å². The fraction of sp³-hybridized carbons (Fsp3) is 0.917. The molecule has 1 rings (SSSR count). The average molecular weight is 214 g/mol. The number of esters is 1. The zero-order valence-corrected chi connectivity index (χ0v) is 9.74. The summed E-state index contributed by atoms with van der Waals surface area (Å²) in [5, 5.41) is 9.38. The van der Waals surface area contributed by atoms with Gasteiger partial charge >= 0.3 is 5.97 Å². The maximum absolute atomic E-state index is 11.0. The molecule has 0 radical (unpaired) electrons. The van der Waals surface area contributed by atoms with Crippen LogP contribution >= 0.6 is 0 Å². The number of hydrogen-bond donors (Lipinski definition) is 1. The number of hydrogen-bond acceptors (Lipinski definition) is 3. The van der Waals surface area contributed by atoms with Crippen molar-refractivity contribution in [1.82, 2.24) is 0 Å². The van der Waals surface area contributed by atoms with E-state index in [1.807, 2.05) is 0 Å². The topological polar surface area (TPSA) is 46.5 Å². The molecule has 0 bridgehead atoms. The monoisotopic (exact) mass is 214 g/mol. The van der Waals surface area contributed by atoms with Crippen LogP contribution in [0.2, 0.25) is 0 Å². The summed E-state index contributed by atoms with van der Waals surface area (Å²) in [5.74, 6) is 0.225. The van der Waals surface area contributed by atoms with Gasteiger partial charge in [0.1, 0.15) is 6.10 Å². The Hall–Kier alpha value is -0.570. The van der Waals surface area contributed by atoms with Crippen molar-refractivity contribution in [2.24, 2.45) is 5.92 Å². The lowest BCUT2D eigenvalue weighted by molar-refractivity contribution is -0.151. The zero-order valence-electron chi connectivity index (χ0n) is 9.74. The van der Waals surface area contributed by atoms with E-state index in [1.54, 1.807) is 6.92 Å². The summed E-state index contributed by atoms with van der Waals surface area (Å²) in [6, 6.07) is 0. The van der Waals surface area contributed by atoms with Crippen molar-refractivity contribution >= 4 is 5.97 Å². The Morgan fingerprint density at radius 3 is 2.47 bits per heavy atom. The highest BCUT2D eigenvalue weighted by molar-refractivity contribution is 5.66. The number of rotatable bonds is 4. The molecule has 0 aromatic rings. The van der Waals surface area contributed by atoms with Crippen LogP contribution < -0.4 is 0 Å². The molecule has 0 aliphatic heterocycles. The van der Waals surface area contributed by atoms with Crippen LogP contribution in [0, 0.1) is 5.92 Å². The minimum absolute atomic E-state index is 0.0807. The van der Waals surface area contributed by atoms with Crippen LogP contribution in [-0.2, 0) is 9.53 Å². The first-order valence-electron chi connectivity index (χ1n) is 5.95. The summed E-state index contributed by atoms with van der Waals surface area (Å²) in [7, 11) is 0. The van der Waals surface area contributed by atoms with Crippen LogP contribution in [0.5, 0.6) is 0 Å². The van der Waals surface area contributed by atoms with Crippen LogP contribution in [0.15, 0.2) is 0 Å². The smallest absolute Gasteiger partial charge is 0.302 e. The van der Waals surface area contributed by atoms with Gasteiger partial charge in [0.05, 0.1) is 6.10 Å². The van der Waals surface area contributed by atoms with Gasteiger partial charge in [0, 0.05) is 13.3 Å². The molecule has 0 saturated heterocycles. The van der Waals surface area contributed by atoms with Gasteiger partial charge < -0.3 is 9.84 Å². The van der Waals surface area contributed by atoms with E-state index in [2.05, 4.69) is 0 Å². The van der Waals surface area contributed by atoms with Crippen molar-refractivity contribution in [2.45, 2.75) is 64.6 Å². The second-order valence-electron chi connectivity index (χ2n) is 4.63. The van der Waals surface area contributed by atoms with Gasteiger partial charge in [-0.1, -0.05) is 19.3 Å². The van der Waals surface area contributed by atoms with Crippen molar-refractivity contribution in [1.29, 1.82) is 0 Å². The summed E-state index contributed by atoms with van der Waals surface area (Å²) in [6.45, 7) is 3.19. The molecule has 0 aromatic heterocycles. The predicted molar refractivity (Wildman–Crippen MR) is 58.4 cm³/mol. The van der Waals surface area contributed by atoms with E-state index in [9.17, 15) is 9.90 Å². The molecule has 3 heteroatoms. The van der Waals surface area contributed by atoms with Gasteiger partial charge in [-0.3, -0.25) is 4.79 Å². The lowest BCUT2D eigenvalue weighted by atomic mass is 9.83. The maximum atomic E-state index is 11.0. The van der Waals surface area contributed by atoms with Crippen LogP contribution in [0.3, 0.4) is 0 Å². The molecule has 0 amide bonds. The van der Waals surface area contributed by atoms with E-state index in [0.29, 0.717) is 12.3 Å². The van der Waals surface area contributed by atoms with Gasteiger partial charge in [0.25, 0.3) is 0 Å². The Labute approximate surface area is 91.8 Å². The van der Waals surface area contributed by atoms with E-state index >= 15 is 0 Å². The highest BCUT2D eigenvalue weighted by Gasteiger charge is 2.26. The lowest BCUT2D eigenvalue weighted by Crippen LogP contribution is -2.30. The zero-order chi connectivity index (χ0) is 11.3. The molecular formula is C12H22O3. The molecule has 1 aliphatic carbocycles. The first kappa shape index (κ1) is 12.5. The molecule has 1 aliphatic rings. The Morgan fingerprint density at radius 2 is 2.00 bits per heavy atom. The first-order valence-corrected chi connectivity index (χ1v) is 5.95. The Bertz CT molecular complexity index is 195. The Morgan fingerprint density at radius 1 is 1.40 bits per heavy atom. The lowest BCUT2D eigenvalue weighted by Gasteiger charge is -2.30. The van der Waals surface area contributed by atoms with Gasteiger partial charge in [0.2, 0.25) is 0 Å². The Balaban J connectivity index is 2.48. The quantitative estimate of drug-likeness (QED) is 0.730. The van der Waals surface area contributed by atoms with Crippen LogP contribution in [-0.4, -0.2) is 23.3 Å². The number of carbonyl (C=O) groups is 1. The summed E-state index contributed by atoms with van der Waals surface area (Å²) in [4.78, 5) is 11.0. The van der Waals surface area contributed by atoms with Crippen LogP contribution in [0.4, 0.5) is 0 Å². The number of carbonyl (C=O) groups excluding carboxylic acids is 1. The van der Waals surface area contributed by atoms with E-state index in [1.165, 1.54) is 26.2 Å². The van der Waals surface area contributed by atoms with Crippen molar-refractivity contribution < 1.29 is 14.6 Å². The van der Waals surface area contributed by atoms with Gasteiger partial charge in [0.15, 0.2) is 0 Å². The molecule has 0 unspecified atom stereocenters. The van der Waals surface area contributed by atoms with Crippen molar-refractivity contribution in [2.75, 3.05) is 0 Å². The maximum Gasteiger partial charge on any atom is 0.302 e. The van der Waals surface area contributed by atoms with Crippen molar-refractivity contribution in [3.63, 3.8) is 0 Å². The number of aliphatic hydroxyl groups is 1. The third-order valence-electron chi connectivity index (χ3n) is 3.07. The van der Waals surface area contributed by atoms with E-state index < -0.39 is 6.10 Å². The van der Waals surface area contributed by atoms with Crippen molar-refractivity contribution in [3.8, 4) is 0 Å². The first-order chi connectivity index (χ1) is 7.09. The third-order valence-corrected chi connectivity index (χ3v) is 3.07.